The molecular formula is C22H23FN2O3. The Labute approximate surface area is 162 Å². The average molecular weight is 382 g/mol. The van der Waals surface area contributed by atoms with Gasteiger partial charge in [0.2, 0.25) is 5.88 Å². The molecule has 2 aromatic carbocycles. The molecule has 6 heteroatoms. The molecular weight excluding hydrogens is 359 g/mol. The lowest BCUT2D eigenvalue weighted by Gasteiger charge is -2.12. The predicted molar refractivity (Wildman–Crippen MR) is 106 cm³/mol. The van der Waals surface area contributed by atoms with Crippen molar-refractivity contribution in [2.75, 3.05) is 0 Å². The highest BCUT2D eigenvalue weighted by Gasteiger charge is 2.11. The summed E-state index contributed by atoms with van der Waals surface area (Å²) in [4.78, 5) is 24.8. The van der Waals surface area contributed by atoms with Gasteiger partial charge >= 0.3 is 5.69 Å². The van der Waals surface area contributed by atoms with Crippen LogP contribution >= 0.6 is 0 Å². The SMILES string of the molecule is O=c1cc(O)n(CCCCc2ccccc2)c(=O)n1CCc1ccc(F)cc1. The van der Waals surface area contributed by atoms with Crippen LogP contribution in [-0.4, -0.2) is 14.2 Å². The Hall–Kier alpha value is -3.15. The van der Waals surface area contributed by atoms with Gasteiger partial charge in [0, 0.05) is 13.1 Å². The molecule has 0 saturated carbocycles. The number of hydrogen-bond acceptors (Lipinski definition) is 3. The summed E-state index contributed by atoms with van der Waals surface area (Å²) < 4.78 is 15.3. The van der Waals surface area contributed by atoms with Gasteiger partial charge in [0.15, 0.2) is 0 Å². The van der Waals surface area contributed by atoms with Crippen molar-refractivity contribution in [1.29, 1.82) is 0 Å². The third-order valence-electron chi connectivity index (χ3n) is 4.73. The molecule has 0 aliphatic carbocycles. The zero-order valence-corrected chi connectivity index (χ0v) is 15.6. The number of hydrogen-bond donors (Lipinski definition) is 1. The largest absolute Gasteiger partial charge is 0.494 e. The van der Waals surface area contributed by atoms with Gasteiger partial charge in [0.1, 0.15) is 5.82 Å². The van der Waals surface area contributed by atoms with Crippen LogP contribution in [0.1, 0.15) is 24.0 Å². The van der Waals surface area contributed by atoms with Gasteiger partial charge in [-0.3, -0.25) is 13.9 Å². The zero-order valence-electron chi connectivity index (χ0n) is 15.6. The summed E-state index contributed by atoms with van der Waals surface area (Å²) in [7, 11) is 0. The maximum Gasteiger partial charge on any atom is 0.333 e. The fourth-order valence-electron chi connectivity index (χ4n) is 3.16. The summed E-state index contributed by atoms with van der Waals surface area (Å²) in [6.07, 6.45) is 2.89. The lowest BCUT2D eigenvalue weighted by molar-refractivity contribution is 0.382. The first-order chi connectivity index (χ1) is 13.5. The molecule has 28 heavy (non-hydrogen) atoms. The second-order valence-corrected chi connectivity index (χ2v) is 6.75. The summed E-state index contributed by atoms with van der Waals surface area (Å²) >= 11 is 0. The van der Waals surface area contributed by atoms with E-state index in [9.17, 15) is 19.1 Å². The molecule has 1 aromatic heterocycles. The highest BCUT2D eigenvalue weighted by atomic mass is 19.1. The lowest BCUT2D eigenvalue weighted by atomic mass is 10.1. The van der Waals surface area contributed by atoms with E-state index in [-0.39, 0.29) is 18.2 Å². The minimum absolute atomic E-state index is 0.174. The number of nitrogens with zero attached hydrogens (tertiary/aromatic N) is 2. The van der Waals surface area contributed by atoms with Crippen molar-refractivity contribution in [3.8, 4) is 5.88 Å². The van der Waals surface area contributed by atoms with Crippen LogP contribution < -0.4 is 11.2 Å². The first-order valence-electron chi connectivity index (χ1n) is 9.36. The summed E-state index contributed by atoms with van der Waals surface area (Å²) in [5, 5.41) is 10.0. The Morgan fingerprint density at radius 1 is 0.786 bits per heavy atom. The van der Waals surface area contributed by atoms with Crippen LogP contribution in [0.3, 0.4) is 0 Å². The van der Waals surface area contributed by atoms with E-state index in [1.807, 2.05) is 18.2 Å². The fourth-order valence-corrected chi connectivity index (χ4v) is 3.16. The molecule has 0 radical (unpaired) electrons. The number of aromatic hydroxyl groups is 1. The van der Waals surface area contributed by atoms with Crippen molar-refractivity contribution < 1.29 is 9.50 Å². The van der Waals surface area contributed by atoms with Crippen LogP contribution in [0.5, 0.6) is 5.88 Å². The minimum atomic E-state index is -0.537. The van der Waals surface area contributed by atoms with Gasteiger partial charge in [-0.15, -0.1) is 0 Å². The van der Waals surface area contributed by atoms with Crippen molar-refractivity contribution in [3.63, 3.8) is 0 Å². The number of unbranched alkanes of at least 4 members (excludes halogenated alkanes) is 1. The Morgan fingerprint density at radius 3 is 2.18 bits per heavy atom. The third kappa shape index (κ3) is 4.97. The molecule has 1 N–H and O–H groups in total. The van der Waals surface area contributed by atoms with E-state index in [2.05, 4.69) is 12.1 Å². The topological polar surface area (TPSA) is 64.2 Å². The summed E-state index contributed by atoms with van der Waals surface area (Å²) in [5.74, 6) is -0.642. The van der Waals surface area contributed by atoms with Crippen LogP contribution in [-0.2, 0) is 25.9 Å². The quantitative estimate of drug-likeness (QED) is 0.609. The molecule has 0 aliphatic rings. The van der Waals surface area contributed by atoms with Gasteiger partial charge in [0.05, 0.1) is 6.07 Å². The molecule has 0 unspecified atom stereocenters. The molecule has 0 spiro atoms. The molecule has 0 fully saturated rings. The van der Waals surface area contributed by atoms with E-state index in [1.165, 1.54) is 22.3 Å². The lowest BCUT2D eigenvalue weighted by Crippen LogP contribution is -2.39. The Balaban J connectivity index is 1.66. The van der Waals surface area contributed by atoms with Crippen LogP contribution in [0.15, 0.2) is 70.3 Å². The molecule has 0 bridgehead atoms. The van der Waals surface area contributed by atoms with Crippen LogP contribution in [0.2, 0.25) is 0 Å². The summed E-state index contributed by atoms with van der Waals surface area (Å²) in [6.45, 7) is 0.516. The average Bonchev–Trinajstić information content (AvgIpc) is 2.69. The van der Waals surface area contributed by atoms with Gasteiger partial charge in [-0.2, -0.15) is 0 Å². The van der Waals surface area contributed by atoms with E-state index in [0.29, 0.717) is 19.4 Å². The molecule has 3 rings (SSSR count). The molecule has 0 saturated heterocycles. The smallest absolute Gasteiger partial charge is 0.333 e. The minimum Gasteiger partial charge on any atom is -0.494 e. The van der Waals surface area contributed by atoms with Crippen molar-refractivity contribution in [3.05, 3.63) is 98.4 Å². The van der Waals surface area contributed by atoms with E-state index in [4.69, 9.17) is 0 Å². The summed E-state index contributed by atoms with van der Waals surface area (Å²) in [6, 6.07) is 17.1. The van der Waals surface area contributed by atoms with E-state index < -0.39 is 11.2 Å². The van der Waals surface area contributed by atoms with Crippen LogP contribution in [0, 0.1) is 5.82 Å². The molecule has 0 atom stereocenters. The number of benzene rings is 2. The normalized spacial score (nSPS) is 10.9. The number of aromatic nitrogens is 2. The van der Waals surface area contributed by atoms with Gasteiger partial charge in [0.25, 0.3) is 5.56 Å². The predicted octanol–water partition coefficient (Wildman–Crippen LogP) is 3.12. The second kappa shape index (κ2) is 9.17. The van der Waals surface area contributed by atoms with Crippen molar-refractivity contribution in [2.45, 2.75) is 38.8 Å². The highest BCUT2D eigenvalue weighted by Crippen LogP contribution is 2.09. The third-order valence-corrected chi connectivity index (χ3v) is 4.73. The van der Waals surface area contributed by atoms with Crippen molar-refractivity contribution in [1.82, 2.24) is 9.13 Å². The van der Waals surface area contributed by atoms with Gasteiger partial charge in [-0.1, -0.05) is 42.5 Å². The zero-order chi connectivity index (χ0) is 19.9. The van der Waals surface area contributed by atoms with Crippen molar-refractivity contribution >= 4 is 0 Å². The first kappa shape index (κ1) is 19.6. The Bertz CT molecular complexity index is 1020. The maximum atomic E-state index is 13.0. The molecule has 1 heterocycles. The second-order valence-electron chi connectivity index (χ2n) is 6.75. The molecule has 5 nitrogen and oxygen atoms in total. The Kier molecular flexibility index (Phi) is 6.42. The van der Waals surface area contributed by atoms with E-state index >= 15 is 0 Å². The van der Waals surface area contributed by atoms with Gasteiger partial charge in [-0.25, -0.2) is 9.18 Å². The van der Waals surface area contributed by atoms with E-state index in [1.54, 1.807) is 12.1 Å². The van der Waals surface area contributed by atoms with Crippen LogP contribution in [0.25, 0.3) is 0 Å². The molecule has 3 aromatic rings. The van der Waals surface area contributed by atoms with Crippen LogP contribution in [0.4, 0.5) is 4.39 Å². The molecule has 146 valence electrons. The van der Waals surface area contributed by atoms with Gasteiger partial charge in [-0.05, 0) is 48.9 Å². The van der Waals surface area contributed by atoms with E-state index in [0.717, 1.165) is 29.0 Å². The molecule has 0 amide bonds. The maximum absolute atomic E-state index is 13.0. The number of aryl methyl sites for hydroxylation is 2. The molecule has 0 aliphatic heterocycles. The van der Waals surface area contributed by atoms with Gasteiger partial charge < -0.3 is 5.11 Å². The van der Waals surface area contributed by atoms with Crippen molar-refractivity contribution in [2.24, 2.45) is 0 Å². The monoisotopic (exact) mass is 382 g/mol. The summed E-state index contributed by atoms with van der Waals surface area (Å²) in [5.41, 5.74) is 0.996. The highest BCUT2D eigenvalue weighted by molar-refractivity contribution is 5.16. The number of rotatable bonds is 8. The fraction of sp³-hybridized carbons (Fsp3) is 0.273. The number of halogens is 1. The standard InChI is InChI=1S/C22H23FN2O3/c23-19-11-9-18(10-12-19)13-15-25-21(27)16-20(26)24(22(25)28)14-5-4-8-17-6-2-1-3-7-17/h1-3,6-7,9-12,16,26H,4-5,8,13-15H2. The Morgan fingerprint density at radius 2 is 1.46 bits per heavy atom. The first-order valence-corrected chi connectivity index (χ1v) is 9.36.